The van der Waals surface area contributed by atoms with Crippen LogP contribution >= 0.6 is 52.9 Å². The second-order valence-corrected chi connectivity index (χ2v) is 18.3. The Balaban J connectivity index is 0. The van der Waals surface area contributed by atoms with Crippen molar-refractivity contribution in [1.29, 1.82) is 0 Å². The molecule has 0 amide bonds. The Bertz CT molecular complexity index is 1980. The monoisotopic (exact) mass is 846 g/mol. The zero-order valence-corrected chi connectivity index (χ0v) is 34.2. The predicted molar refractivity (Wildman–Crippen MR) is 228 cm³/mol. The highest BCUT2D eigenvalue weighted by atomic mass is 32.1. The maximum atomic E-state index is 11.7. The number of aromatic hydroxyl groups is 1. The van der Waals surface area contributed by atoms with Gasteiger partial charge in [-0.05, 0) is 93.7 Å². The summed E-state index contributed by atoms with van der Waals surface area (Å²) in [5, 5.41) is 37.3. The first kappa shape index (κ1) is 43.8. The summed E-state index contributed by atoms with van der Waals surface area (Å²) in [6, 6.07) is 19.3. The highest BCUT2D eigenvalue weighted by Crippen LogP contribution is 2.48. The van der Waals surface area contributed by atoms with E-state index in [4.69, 9.17) is 15.3 Å². The molecule has 0 fully saturated rings. The molecule has 1 aromatic carbocycles. The summed E-state index contributed by atoms with van der Waals surface area (Å²) in [6.45, 7) is 5.03. The van der Waals surface area contributed by atoms with E-state index in [0.29, 0.717) is 12.2 Å². The summed E-state index contributed by atoms with van der Waals surface area (Å²) >= 11 is 5.96. The van der Waals surface area contributed by atoms with Gasteiger partial charge in [-0.25, -0.2) is 10.5 Å². The van der Waals surface area contributed by atoms with Crippen molar-refractivity contribution in [2.24, 2.45) is 0 Å². The minimum absolute atomic E-state index is 0. The molecule has 0 aliphatic heterocycles. The van der Waals surface area contributed by atoms with E-state index in [1.54, 1.807) is 34.8 Å². The Kier molecular flexibility index (Phi) is 18.8. The van der Waals surface area contributed by atoms with Crippen LogP contribution in [0, 0.1) is 11.8 Å². The van der Waals surface area contributed by atoms with E-state index in [1.165, 1.54) is 67.2 Å². The number of benzene rings is 1. The summed E-state index contributed by atoms with van der Waals surface area (Å²) in [5.74, 6) is 7.61. The molecule has 0 bridgehead atoms. The maximum absolute atomic E-state index is 11.7. The minimum atomic E-state index is -4.30. The smallest absolute Gasteiger partial charge is 0.366 e. The van der Waals surface area contributed by atoms with Gasteiger partial charge in [0.1, 0.15) is 16.1 Å². The van der Waals surface area contributed by atoms with Gasteiger partial charge in [-0.3, -0.25) is 4.57 Å². The normalized spacial score (nSPS) is 11.2. The predicted octanol–water partition coefficient (Wildman–Crippen LogP) is 13.1. The van der Waals surface area contributed by atoms with Crippen molar-refractivity contribution in [2.75, 3.05) is 6.61 Å². The van der Waals surface area contributed by atoms with Gasteiger partial charge in [-0.15, -0.1) is 45.3 Å². The van der Waals surface area contributed by atoms with Crippen LogP contribution in [0.4, 0.5) is 0 Å². The fourth-order valence-electron chi connectivity index (χ4n) is 5.34. The standard InChI is InChI=1S/C38H43O5PS4.H2O6.5H2/c1-3-5-7-9-10-11-12-13-15-27-16-17-34(45-27)35-21-19-33(47-35)29-25-30(39)28(26-31(29)43-24-14-8-6-4-2)32-18-20-36(46-32)37-22-23-38(48-37)44(40,41)42;1-3-5-6-4-2;;;;;/h16-23,25-26,39H,3-12,14,24H2,1-2H3,(H2,40,41,42);1-2H;5*1H. The van der Waals surface area contributed by atoms with Crippen molar-refractivity contribution in [3.63, 3.8) is 0 Å². The summed E-state index contributed by atoms with van der Waals surface area (Å²) in [5.41, 5.74) is 1.53. The van der Waals surface area contributed by atoms with Crippen molar-refractivity contribution in [3.8, 4) is 63.7 Å². The van der Waals surface area contributed by atoms with Crippen molar-refractivity contribution >= 4 is 57.6 Å². The lowest BCUT2D eigenvalue weighted by atomic mass is 10.1. The van der Waals surface area contributed by atoms with Crippen LogP contribution in [0.2, 0.25) is 0 Å². The van der Waals surface area contributed by atoms with Crippen molar-refractivity contribution in [3.05, 3.63) is 65.5 Å². The van der Waals surface area contributed by atoms with Gasteiger partial charge < -0.3 is 19.6 Å². The van der Waals surface area contributed by atoms with E-state index in [2.05, 4.69) is 70.1 Å². The Morgan fingerprint density at radius 2 is 1.19 bits per heavy atom. The average Bonchev–Trinajstić information content (AvgIpc) is 3.99. The van der Waals surface area contributed by atoms with Gasteiger partial charge in [0, 0.05) is 53.9 Å². The lowest BCUT2D eigenvalue weighted by Crippen LogP contribution is -1.99. The second kappa shape index (κ2) is 23.2. The first-order valence-corrected chi connectivity index (χ1v) is 22.5. The molecule has 16 heteroatoms. The molecule has 4 aromatic heterocycles. The van der Waals surface area contributed by atoms with Crippen molar-refractivity contribution in [1.82, 2.24) is 0 Å². The van der Waals surface area contributed by atoms with E-state index in [1.807, 2.05) is 18.2 Å². The van der Waals surface area contributed by atoms with Gasteiger partial charge in [-0.1, -0.05) is 77.1 Å². The molecule has 11 nitrogen and oxygen atoms in total. The molecule has 0 saturated carbocycles. The molecule has 5 rings (SSSR count). The lowest BCUT2D eigenvalue weighted by molar-refractivity contribution is -0.749. The minimum Gasteiger partial charge on any atom is -0.507 e. The number of ether oxygens (including phenoxy) is 1. The van der Waals surface area contributed by atoms with E-state index in [0.717, 1.165) is 77.6 Å². The molecule has 5 aromatic rings. The quantitative estimate of drug-likeness (QED) is 0.0166. The number of hydrogen-bond acceptors (Lipinski definition) is 13. The van der Waals surface area contributed by atoms with E-state index >= 15 is 0 Å². The molecule has 0 atom stereocenters. The molecule has 0 aliphatic carbocycles. The summed E-state index contributed by atoms with van der Waals surface area (Å²) in [6.07, 6.45) is 13.0. The highest BCUT2D eigenvalue weighted by molar-refractivity contribution is 7.67. The highest BCUT2D eigenvalue weighted by Gasteiger charge is 2.22. The topological polar surface area (TPSA) is 164 Å². The zero-order valence-electron chi connectivity index (χ0n) is 30.0. The van der Waals surface area contributed by atoms with Gasteiger partial charge in [-0.2, -0.15) is 0 Å². The molecule has 5 N–H and O–H groups in total. The molecule has 0 radical (unpaired) electrons. The molecule has 302 valence electrons. The van der Waals surface area contributed by atoms with Crippen molar-refractivity contribution < 1.29 is 62.0 Å². The number of phenolic OH excluding ortho intramolecular Hbond substituents is 1. The molecule has 0 spiro atoms. The third kappa shape index (κ3) is 13.7. The molecule has 54 heavy (non-hydrogen) atoms. The SMILES string of the molecule is CCCCCCCCC#Cc1ccc(-c2ccc(-c3cc(O)c(-c4ccc(-c5ccc(P(=O)(O)O)s5)s4)cc3OCCCCCC)s2)s1.OOOOOO.[HH].[HH].[HH].[HH].[HH]. The van der Waals surface area contributed by atoms with Gasteiger partial charge >= 0.3 is 7.60 Å². The van der Waals surface area contributed by atoms with Crippen LogP contribution in [0.25, 0.3) is 40.4 Å². The first-order chi connectivity index (χ1) is 26.2. The van der Waals surface area contributed by atoms with Crippen LogP contribution in [0.3, 0.4) is 0 Å². The lowest BCUT2D eigenvalue weighted by Gasteiger charge is -2.14. The Morgan fingerprint density at radius 1 is 0.648 bits per heavy atom. The number of rotatable bonds is 20. The van der Waals surface area contributed by atoms with Crippen molar-refractivity contribution in [2.45, 2.75) is 84.5 Å². The fourth-order valence-corrected chi connectivity index (χ4v) is 10.2. The number of phenols is 1. The van der Waals surface area contributed by atoms with Gasteiger partial charge in [0.2, 0.25) is 0 Å². The van der Waals surface area contributed by atoms with Gasteiger partial charge in [0.25, 0.3) is 0 Å². The molecule has 0 unspecified atom stereocenters. The Morgan fingerprint density at radius 3 is 1.81 bits per heavy atom. The van der Waals surface area contributed by atoms with Crippen LogP contribution in [-0.4, -0.2) is 32.0 Å². The number of thiophene rings is 4. The first-order valence-electron chi connectivity index (χ1n) is 17.6. The largest absolute Gasteiger partial charge is 0.507 e. The number of unbranched alkanes of at least 4 members (excludes halogenated alkanes) is 9. The molecule has 0 saturated heterocycles. The van der Waals surface area contributed by atoms with Crippen LogP contribution in [0.5, 0.6) is 11.5 Å². The summed E-state index contributed by atoms with van der Waals surface area (Å²) in [7, 11) is -4.30. The van der Waals surface area contributed by atoms with E-state index in [-0.39, 0.29) is 17.5 Å². The van der Waals surface area contributed by atoms with Crippen LogP contribution in [-0.2, 0) is 24.7 Å². The van der Waals surface area contributed by atoms with Crippen LogP contribution in [0.15, 0.2) is 60.7 Å². The second-order valence-electron chi connectivity index (χ2n) is 12.1. The fraction of sp³-hybridized carbons (Fsp3) is 0.368. The Hall–Kier alpha value is -2.91. The van der Waals surface area contributed by atoms with Crippen LogP contribution < -0.4 is 9.36 Å². The van der Waals surface area contributed by atoms with Gasteiger partial charge in [0.15, 0.2) is 0 Å². The van der Waals surface area contributed by atoms with E-state index < -0.39 is 7.60 Å². The molecular formula is C38H55O11PS4. The molecular weight excluding hydrogens is 792 g/mol. The van der Waals surface area contributed by atoms with Gasteiger partial charge in [0.05, 0.1) is 11.5 Å². The average molecular weight is 847 g/mol. The maximum Gasteiger partial charge on any atom is 0.366 e. The summed E-state index contributed by atoms with van der Waals surface area (Å²) < 4.78 is 18.2. The third-order valence-electron chi connectivity index (χ3n) is 8.02. The summed E-state index contributed by atoms with van der Waals surface area (Å²) in [4.78, 5) is 26.1. The van der Waals surface area contributed by atoms with Crippen LogP contribution in [0.1, 0.15) is 96.5 Å². The number of hydrogen-bond donors (Lipinski definition) is 5. The Labute approximate surface area is 338 Å². The molecule has 4 heterocycles. The zero-order chi connectivity index (χ0) is 38.8. The molecule has 0 aliphatic rings. The van der Waals surface area contributed by atoms with E-state index in [9.17, 15) is 19.5 Å². The third-order valence-corrected chi connectivity index (χ3v) is 14.3.